The molecule has 1 aliphatic heterocycles. The van der Waals surface area contributed by atoms with Gasteiger partial charge in [-0.2, -0.15) is 0 Å². The van der Waals surface area contributed by atoms with Gasteiger partial charge in [-0.25, -0.2) is 8.42 Å². The number of carbonyl (C=O) groups excluding carboxylic acids is 2. The van der Waals surface area contributed by atoms with Gasteiger partial charge in [-0.05, 0) is 31.2 Å². The van der Waals surface area contributed by atoms with Crippen molar-refractivity contribution in [3.63, 3.8) is 0 Å². The summed E-state index contributed by atoms with van der Waals surface area (Å²) < 4.78 is 25.5. The lowest BCUT2D eigenvalue weighted by molar-refractivity contribution is -0.135. The normalized spacial score (nSPS) is 16.6. The number of benzene rings is 1. The largest absolute Gasteiger partial charge is 0.342 e. The van der Waals surface area contributed by atoms with Gasteiger partial charge in [0.15, 0.2) is 0 Å². The number of carbonyl (C=O) groups is 2. The van der Waals surface area contributed by atoms with Crippen LogP contribution in [0, 0.1) is 0 Å². The number of amides is 2. The third-order valence-corrected chi connectivity index (χ3v) is 5.42. The number of piperazine rings is 1. The molecule has 0 bridgehead atoms. The summed E-state index contributed by atoms with van der Waals surface area (Å²) in [5, 5.41) is 0.483. The van der Waals surface area contributed by atoms with Gasteiger partial charge in [-0.1, -0.05) is 11.6 Å². The molecule has 0 radical (unpaired) electrons. The first kappa shape index (κ1) is 18.5. The average Bonchev–Trinajstić information content (AvgIpc) is 2.55. The molecule has 1 aromatic carbocycles. The fraction of sp³-hybridized carbons (Fsp3) is 0.467. The van der Waals surface area contributed by atoms with E-state index in [4.69, 9.17) is 11.6 Å². The molecule has 0 unspecified atom stereocenters. The quantitative estimate of drug-likeness (QED) is 0.715. The van der Waals surface area contributed by atoms with Crippen molar-refractivity contribution in [2.24, 2.45) is 0 Å². The highest BCUT2D eigenvalue weighted by molar-refractivity contribution is 7.92. The Morgan fingerprint density at radius 2 is 1.75 bits per heavy atom. The minimum absolute atomic E-state index is 0.291. The first-order valence-electron chi connectivity index (χ1n) is 7.47. The third-order valence-electron chi connectivity index (χ3n) is 3.92. The maximum atomic E-state index is 12.7. The first-order valence-corrected chi connectivity index (χ1v) is 9.70. The van der Waals surface area contributed by atoms with Crippen molar-refractivity contribution in [2.45, 2.75) is 13.0 Å². The second kappa shape index (κ2) is 7.40. The van der Waals surface area contributed by atoms with E-state index in [1.54, 1.807) is 41.0 Å². The van der Waals surface area contributed by atoms with Gasteiger partial charge >= 0.3 is 0 Å². The van der Waals surface area contributed by atoms with Crippen LogP contribution in [-0.4, -0.2) is 69.0 Å². The molecule has 0 aliphatic carbocycles. The van der Waals surface area contributed by atoms with Crippen LogP contribution in [0.3, 0.4) is 0 Å². The SMILES string of the molecule is C[C@H](C(=O)N1CCN(C=O)CC1)N(c1ccc(Cl)cc1)S(C)(=O)=O. The summed E-state index contributed by atoms with van der Waals surface area (Å²) in [4.78, 5) is 26.6. The third kappa shape index (κ3) is 4.18. The minimum atomic E-state index is -3.65. The summed E-state index contributed by atoms with van der Waals surface area (Å²) in [6.07, 6.45) is 1.82. The van der Waals surface area contributed by atoms with Crippen molar-refractivity contribution in [3.05, 3.63) is 29.3 Å². The summed E-state index contributed by atoms with van der Waals surface area (Å²) in [5.74, 6) is -0.291. The molecule has 2 rings (SSSR count). The number of hydrogen-bond acceptors (Lipinski definition) is 4. The maximum absolute atomic E-state index is 12.7. The number of sulfonamides is 1. The van der Waals surface area contributed by atoms with Crippen molar-refractivity contribution < 1.29 is 18.0 Å². The second-order valence-corrected chi connectivity index (χ2v) is 7.97. The molecule has 24 heavy (non-hydrogen) atoms. The molecule has 0 aromatic heterocycles. The average molecular weight is 374 g/mol. The number of nitrogens with zero attached hydrogens (tertiary/aromatic N) is 3. The maximum Gasteiger partial charge on any atom is 0.246 e. The van der Waals surface area contributed by atoms with Gasteiger partial charge in [-0.15, -0.1) is 0 Å². The number of halogens is 1. The molecule has 0 saturated carbocycles. The molecule has 132 valence electrons. The molecule has 1 atom stereocenters. The van der Waals surface area contributed by atoms with E-state index in [1.165, 1.54) is 0 Å². The van der Waals surface area contributed by atoms with Crippen LogP contribution in [0.15, 0.2) is 24.3 Å². The van der Waals surface area contributed by atoms with Crippen LogP contribution in [0.25, 0.3) is 0 Å². The fourth-order valence-corrected chi connectivity index (χ4v) is 4.00. The Morgan fingerprint density at radius 3 is 2.21 bits per heavy atom. The monoisotopic (exact) mass is 373 g/mol. The molecule has 2 amide bonds. The van der Waals surface area contributed by atoms with E-state index in [0.717, 1.165) is 17.0 Å². The summed E-state index contributed by atoms with van der Waals surface area (Å²) in [5.41, 5.74) is 0.384. The van der Waals surface area contributed by atoms with Crippen molar-refractivity contribution in [2.75, 3.05) is 36.7 Å². The molecule has 9 heteroatoms. The molecular weight excluding hydrogens is 354 g/mol. The van der Waals surface area contributed by atoms with E-state index in [1.807, 2.05) is 0 Å². The van der Waals surface area contributed by atoms with Gasteiger partial charge in [0.05, 0.1) is 11.9 Å². The van der Waals surface area contributed by atoms with Gasteiger partial charge in [0.25, 0.3) is 0 Å². The van der Waals surface area contributed by atoms with Crippen molar-refractivity contribution in [1.29, 1.82) is 0 Å². The predicted molar refractivity (Wildman–Crippen MR) is 92.5 cm³/mol. The molecule has 1 fully saturated rings. The zero-order valence-corrected chi connectivity index (χ0v) is 15.1. The Labute approximate surface area is 146 Å². The number of rotatable bonds is 5. The zero-order chi connectivity index (χ0) is 17.9. The number of anilines is 1. The highest BCUT2D eigenvalue weighted by atomic mass is 35.5. The molecule has 1 heterocycles. The standard InChI is InChI=1S/C15H20ClN3O4S/c1-12(15(21)18-9-7-17(11-20)8-10-18)19(24(2,22)23)14-5-3-13(16)4-6-14/h3-6,11-12H,7-10H2,1-2H3/t12-/m1/s1. The van der Waals surface area contributed by atoms with Gasteiger partial charge in [-0.3, -0.25) is 13.9 Å². The van der Waals surface area contributed by atoms with Crippen LogP contribution < -0.4 is 4.31 Å². The molecule has 1 aliphatic rings. The Morgan fingerprint density at radius 1 is 1.21 bits per heavy atom. The molecule has 0 N–H and O–H groups in total. The Balaban J connectivity index is 2.22. The zero-order valence-electron chi connectivity index (χ0n) is 13.6. The van der Waals surface area contributed by atoms with E-state index < -0.39 is 16.1 Å². The van der Waals surface area contributed by atoms with Crippen LogP contribution >= 0.6 is 11.6 Å². The van der Waals surface area contributed by atoms with Crippen LogP contribution in [0.5, 0.6) is 0 Å². The highest BCUT2D eigenvalue weighted by Gasteiger charge is 2.33. The van der Waals surface area contributed by atoms with Gasteiger partial charge in [0.2, 0.25) is 22.3 Å². The van der Waals surface area contributed by atoms with Crippen molar-refractivity contribution in [1.82, 2.24) is 9.80 Å². The van der Waals surface area contributed by atoms with Crippen LogP contribution in [0.4, 0.5) is 5.69 Å². The molecular formula is C15H20ClN3O4S. The first-order chi connectivity index (χ1) is 11.2. The van der Waals surface area contributed by atoms with Crippen LogP contribution in [-0.2, 0) is 19.6 Å². The van der Waals surface area contributed by atoms with E-state index in [9.17, 15) is 18.0 Å². The van der Waals surface area contributed by atoms with Crippen molar-refractivity contribution in [3.8, 4) is 0 Å². The van der Waals surface area contributed by atoms with E-state index in [0.29, 0.717) is 36.9 Å². The smallest absolute Gasteiger partial charge is 0.246 e. The van der Waals surface area contributed by atoms with Gasteiger partial charge in [0, 0.05) is 31.2 Å². The fourth-order valence-electron chi connectivity index (χ4n) is 2.70. The van der Waals surface area contributed by atoms with Crippen LogP contribution in [0.2, 0.25) is 5.02 Å². The summed E-state index contributed by atoms with van der Waals surface area (Å²) in [6, 6.07) is 5.41. The lowest BCUT2D eigenvalue weighted by atomic mass is 10.2. The minimum Gasteiger partial charge on any atom is -0.342 e. The van der Waals surface area contributed by atoms with Crippen molar-refractivity contribution >= 4 is 39.6 Å². The summed E-state index contributed by atoms with van der Waals surface area (Å²) in [7, 11) is -3.65. The molecule has 1 aromatic rings. The van der Waals surface area contributed by atoms with E-state index in [2.05, 4.69) is 0 Å². The molecule has 1 saturated heterocycles. The Hall–Kier alpha value is -1.80. The Bertz CT molecular complexity index is 700. The lowest BCUT2D eigenvalue weighted by Gasteiger charge is -2.36. The number of hydrogen-bond donors (Lipinski definition) is 0. The van der Waals surface area contributed by atoms with Crippen LogP contribution in [0.1, 0.15) is 6.92 Å². The Kier molecular flexibility index (Phi) is 5.71. The van der Waals surface area contributed by atoms with E-state index >= 15 is 0 Å². The molecule has 7 nitrogen and oxygen atoms in total. The lowest BCUT2D eigenvalue weighted by Crippen LogP contribution is -2.55. The van der Waals surface area contributed by atoms with E-state index in [-0.39, 0.29) is 5.91 Å². The topological polar surface area (TPSA) is 78.0 Å². The predicted octanol–water partition coefficient (Wildman–Crippen LogP) is 0.795. The highest BCUT2D eigenvalue weighted by Crippen LogP contribution is 2.24. The van der Waals surface area contributed by atoms with Gasteiger partial charge in [0.1, 0.15) is 6.04 Å². The second-order valence-electron chi connectivity index (χ2n) is 5.68. The van der Waals surface area contributed by atoms with Gasteiger partial charge < -0.3 is 9.80 Å². The molecule has 0 spiro atoms. The summed E-state index contributed by atoms with van der Waals surface area (Å²) in [6.45, 7) is 3.23. The summed E-state index contributed by atoms with van der Waals surface area (Å²) >= 11 is 5.85.